The standard InChI is InChI=1S/C11H12BrFN2O/c12-8-2-1-3-9(13)10(8)11(16)15-7-4-5-14-6-7/h1-3,7,14H,4-6H2,(H,15,16)/t7-/m1/s1. The molecule has 1 amide bonds. The average molecular weight is 287 g/mol. The van der Waals surface area contributed by atoms with Crippen molar-refractivity contribution in [2.75, 3.05) is 13.1 Å². The molecule has 1 saturated heterocycles. The molecule has 0 aromatic heterocycles. The van der Waals surface area contributed by atoms with Crippen LogP contribution in [0, 0.1) is 5.82 Å². The van der Waals surface area contributed by atoms with Crippen molar-refractivity contribution < 1.29 is 9.18 Å². The molecular formula is C11H12BrFN2O. The molecule has 0 radical (unpaired) electrons. The van der Waals surface area contributed by atoms with Gasteiger partial charge in [-0.3, -0.25) is 4.79 Å². The number of hydrogen-bond donors (Lipinski definition) is 2. The number of nitrogens with one attached hydrogen (secondary N) is 2. The van der Waals surface area contributed by atoms with Crippen molar-refractivity contribution in [2.24, 2.45) is 0 Å². The first-order valence-electron chi connectivity index (χ1n) is 5.14. The molecule has 0 unspecified atom stereocenters. The number of rotatable bonds is 2. The van der Waals surface area contributed by atoms with E-state index in [0.29, 0.717) is 4.47 Å². The zero-order valence-corrected chi connectivity index (χ0v) is 10.2. The number of carbonyl (C=O) groups is 1. The molecule has 0 aliphatic carbocycles. The Labute approximate surface area is 102 Å². The average Bonchev–Trinajstić information content (AvgIpc) is 2.70. The third kappa shape index (κ3) is 2.41. The van der Waals surface area contributed by atoms with Crippen molar-refractivity contribution in [1.82, 2.24) is 10.6 Å². The summed E-state index contributed by atoms with van der Waals surface area (Å²) in [4.78, 5) is 11.8. The highest BCUT2D eigenvalue weighted by molar-refractivity contribution is 9.10. The molecule has 2 rings (SSSR count). The van der Waals surface area contributed by atoms with E-state index in [1.165, 1.54) is 6.07 Å². The summed E-state index contributed by atoms with van der Waals surface area (Å²) >= 11 is 3.18. The lowest BCUT2D eigenvalue weighted by molar-refractivity contribution is 0.0935. The van der Waals surface area contributed by atoms with Crippen LogP contribution < -0.4 is 10.6 Å². The van der Waals surface area contributed by atoms with Gasteiger partial charge in [-0.2, -0.15) is 0 Å². The lowest BCUT2D eigenvalue weighted by atomic mass is 10.1. The van der Waals surface area contributed by atoms with Crippen LogP contribution in [0.1, 0.15) is 16.8 Å². The van der Waals surface area contributed by atoms with Crippen LogP contribution in [0.4, 0.5) is 4.39 Å². The SMILES string of the molecule is O=C(N[C@@H]1CCNC1)c1c(F)cccc1Br. The van der Waals surface area contributed by atoms with Crippen LogP contribution in [0.3, 0.4) is 0 Å². The molecule has 0 spiro atoms. The Kier molecular flexibility index (Phi) is 3.56. The molecule has 0 saturated carbocycles. The van der Waals surface area contributed by atoms with Crippen molar-refractivity contribution in [3.8, 4) is 0 Å². The van der Waals surface area contributed by atoms with E-state index >= 15 is 0 Å². The first-order chi connectivity index (χ1) is 7.68. The molecule has 1 aromatic rings. The molecule has 1 heterocycles. The van der Waals surface area contributed by atoms with Crippen LogP contribution in [0.2, 0.25) is 0 Å². The molecule has 5 heteroatoms. The first-order valence-corrected chi connectivity index (χ1v) is 5.93. The number of hydrogen-bond acceptors (Lipinski definition) is 2. The van der Waals surface area contributed by atoms with Crippen molar-refractivity contribution in [3.63, 3.8) is 0 Å². The van der Waals surface area contributed by atoms with Crippen LogP contribution in [0.25, 0.3) is 0 Å². The highest BCUT2D eigenvalue weighted by atomic mass is 79.9. The van der Waals surface area contributed by atoms with E-state index in [1.54, 1.807) is 12.1 Å². The van der Waals surface area contributed by atoms with Crippen LogP contribution in [-0.2, 0) is 0 Å². The number of benzene rings is 1. The second-order valence-corrected chi connectivity index (χ2v) is 4.61. The van der Waals surface area contributed by atoms with Gasteiger partial charge in [0.25, 0.3) is 5.91 Å². The summed E-state index contributed by atoms with van der Waals surface area (Å²) in [5, 5.41) is 5.94. The fraction of sp³-hybridized carbons (Fsp3) is 0.364. The Morgan fingerprint density at radius 3 is 3.00 bits per heavy atom. The lowest BCUT2D eigenvalue weighted by Crippen LogP contribution is -2.36. The Bertz CT molecular complexity index is 385. The molecule has 86 valence electrons. The van der Waals surface area contributed by atoms with Crippen molar-refractivity contribution in [1.29, 1.82) is 0 Å². The summed E-state index contributed by atoms with van der Waals surface area (Å²) < 4.78 is 14.0. The van der Waals surface area contributed by atoms with Crippen molar-refractivity contribution >= 4 is 21.8 Å². The van der Waals surface area contributed by atoms with E-state index in [-0.39, 0.29) is 17.5 Å². The van der Waals surface area contributed by atoms with E-state index in [2.05, 4.69) is 26.6 Å². The zero-order chi connectivity index (χ0) is 11.5. The topological polar surface area (TPSA) is 41.1 Å². The fourth-order valence-electron chi connectivity index (χ4n) is 1.75. The summed E-state index contributed by atoms with van der Waals surface area (Å²) in [5.41, 5.74) is 0.0781. The zero-order valence-electron chi connectivity index (χ0n) is 8.59. The van der Waals surface area contributed by atoms with Gasteiger partial charge in [-0.05, 0) is 41.0 Å². The van der Waals surface area contributed by atoms with Gasteiger partial charge in [0, 0.05) is 17.1 Å². The maximum atomic E-state index is 13.5. The van der Waals surface area contributed by atoms with Crippen LogP contribution in [-0.4, -0.2) is 25.0 Å². The molecule has 16 heavy (non-hydrogen) atoms. The fourth-order valence-corrected chi connectivity index (χ4v) is 2.27. The number of amides is 1. The molecule has 2 N–H and O–H groups in total. The maximum Gasteiger partial charge on any atom is 0.255 e. The molecular weight excluding hydrogens is 275 g/mol. The molecule has 1 atom stereocenters. The summed E-state index contributed by atoms with van der Waals surface area (Å²) in [5.74, 6) is -0.864. The minimum absolute atomic E-state index is 0.0781. The van der Waals surface area contributed by atoms with Crippen LogP contribution in [0.15, 0.2) is 22.7 Å². The number of carbonyl (C=O) groups excluding carboxylic acids is 1. The van der Waals surface area contributed by atoms with Gasteiger partial charge in [-0.25, -0.2) is 4.39 Å². The summed E-state index contributed by atoms with van der Waals surface area (Å²) in [6.45, 7) is 1.64. The van der Waals surface area contributed by atoms with Gasteiger partial charge in [0.05, 0.1) is 5.56 Å². The van der Waals surface area contributed by atoms with Gasteiger partial charge in [0.1, 0.15) is 5.82 Å². The van der Waals surface area contributed by atoms with Crippen molar-refractivity contribution in [2.45, 2.75) is 12.5 Å². The minimum atomic E-state index is -0.502. The normalized spacial score (nSPS) is 19.8. The predicted molar refractivity (Wildman–Crippen MR) is 62.8 cm³/mol. The third-order valence-electron chi connectivity index (χ3n) is 2.59. The minimum Gasteiger partial charge on any atom is -0.348 e. The van der Waals surface area contributed by atoms with E-state index in [0.717, 1.165) is 19.5 Å². The summed E-state index contributed by atoms with van der Waals surface area (Å²) in [7, 11) is 0. The maximum absolute atomic E-state index is 13.5. The summed E-state index contributed by atoms with van der Waals surface area (Å²) in [6, 6.07) is 4.60. The predicted octanol–water partition coefficient (Wildman–Crippen LogP) is 1.68. The molecule has 1 aliphatic rings. The Morgan fingerprint density at radius 1 is 1.56 bits per heavy atom. The van der Waals surface area contributed by atoms with Gasteiger partial charge in [0.2, 0.25) is 0 Å². The molecule has 3 nitrogen and oxygen atoms in total. The van der Waals surface area contributed by atoms with Crippen LogP contribution >= 0.6 is 15.9 Å². The number of halogens is 2. The van der Waals surface area contributed by atoms with Crippen molar-refractivity contribution in [3.05, 3.63) is 34.1 Å². The Morgan fingerprint density at radius 2 is 2.38 bits per heavy atom. The third-order valence-corrected chi connectivity index (χ3v) is 3.25. The highest BCUT2D eigenvalue weighted by Crippen LogP contribution is 2.19. The largest absolute Gasteiger partial charge is 0.348 e. The molecule has 0 bridgehead atoms. The van der Waals surface area contributed by atoms with Crippen LogP contribution in [0.5, 0.6) is 0 Å². The van der Waals surface area contributed by atoms with Gasteiger partial charge in [0.15, 0.2) is 0 Å². The van der Waals surface area contributed by atoms with E-state index < -0.39 is 5.82 Å². The molecule has 1 aliphatic heterocycles. The van der Waals surface area contributed by atoms with Gasteiger partial charge in [-0.15, -0.1) is 0 Å². The Hall–Kier alpha value is -0.940. The van der Waals surface area contributed by atoms with Gasteiger partial charge in [-0.1, -0.05) is 6.07 Å². The van der Waals surface area contributed by atoms with E-state index in [4.69, 9.17) is 0 Å². The lowest BCUT2D eigenvalue weighted by Gasteiger charge is -2.12. The van der Waals surface area contributed by atoms with E-state index in [1.807, 2.05) is 0 Å². The smallest absolute Gasteiger partial charge is 0.255 e. The van der Waals surface area contributed by atoms with Gasteiger partial charge >= 0.3 is 0 Å². The second-order valence-electron chi connectivity index (χ2n) is 3.76. The monoisotopic (exact) mass is 286 g/mol. The molecule has 1 fully saturated rings. The Balaban J connectivity index is 2.13. The molecule has 1 aromatic carbocycles. The second kappa shape index (κ2) is 4.93. The highest BCUT2D eigenvalue weighted by Gasteiger charge is 2.21. The van der Waals surface area contributed by atoms with Gasteiger partial charge < -0.3 is 10.6 Å². The van der Waals surface area contributed by atoms with E-state index in [9.17, 15) is 9.18 Å². The summed E-state index contributed by atoms with van der Waals surface area (Å²) in [6.07, 6.45) is 0.887. The first kappa shape index (κ1) is 11.5. The quantitative estimate of drug-likeness (QED) is 0.869.